The Balaban J connectivity index is 2.49. The third-order valence-corrected chi connectivity index (χ3v) is 2.70. The molecule has 1 aromatic carbocycles. The fourth-order valence-corrected chi connectivity index (χ4v) is 1.89. The van der Waals surface area contributed by atoms with E-state index < -0.39 is 0 Å². The smallest absolute Gasteiger partial charge is 0.224 e. The van der Waals surface area contributed by atoms with Crippen molar-refractivity contribution >= 4 is 5.91 Å². The van der Waals surface area contributed by atoms with Crippen LogP contribution in [0.5, 0.6) is 0 Å². The summed E-state index contributed by atoms with van der Waals surface area (Å²) in [6.07, 6.45) is 1.12. The molecule has 0 aliphatic heterocycles. The first-order valence-electron chi connectivity index (χ1n) is 6.19. The molecule has 1 aromatic rings. The molecule has 0 spiro atoms. The quantitative estimate of drug-likeness (QED) is 0.759. The van der Waals surface area contributed by atoms with Crippen LogP contribution in [0.4, 0.5) is 0 Å². The highest BCUT2D eigenvalue weighted by molar-refractivity contribution is 5.78. The Kier molecular flexibility index (Phi) is 6.39. The zero-order chi connectivity index (χ0) is 13.4. The van der Waals surface area contributed by atoms with E-state index in [4.69, 9.17) is 10.5 Å². The van der Waals surface area contributed by atoms with Crippen LogP contribution in [0.25, 0.3) is 0 Å². The van der Waals surface area contributed by atoms with Crippen LogP contribution in [-0.4, -0.2) is 32.2 Å². The first kappa shape index (κ1) is 14.7. The van der Waals surface area contributed by atoms with E-state index in [9.17, 15) is 4.79 Å². The van der Waals surface area contributed by atoms with Crippen LogP contribution >= 0.6 is 0 Å². The van der Waals surface area contributed by atoms with Gasteiger partial charge in [0.1, 0.15) is 0 Å². The van der Waals surface area contributed by atoms with Gasteiger partial charge < -0.3 is 15.8 Å². The lowest BCUT2D eigenvalue weighted by molar-refractivity contribution is -0.121. The number of ether oxygens (including phenoxy) is 1. The molecule has 3 N–H and O–H groups in total. The number of hydrogen-bond acceptors (Lipinski definition) is 3. The molecule has 0 radical (unpaired) electrons. The molecule has 1 amide bonds. The maximum Gasteiger partial charge on any atom is 0.224 e. The van der Waals surface area contributed by atoms with E-state index in [0.29, 0.717) is 19.6 Å². The molecular weight excluding hydrogens is 228 g/mol. The molecule has 0 heterocycles. The molecule has 0 saturated carbocycles. The molecular formula is C14H22N2O2. The van der Waals surface area contributed by atoms with Crippen LogP contribution in [0, 0.1) is 6.92 Å². The molecule has 0 saturated heterocycles. The van der Waals surface area contributed by atoms with Gasteiger partial charge >= 0.3 is 0 Å². The summed E-state index contributed by atoms with van der Waals surface area (Å²) in [5, 5.41) is 2.94. The molecule has 0 bridgehead atoms. The van der Waals surface area contributed by atoms with Gasteiger partial charge in [-0.3, -0.25) is 4.79 Å². The summed E-state index contributed by atoms with van der Waals surface area (Å²) < 4.78 is 5.06. The Morgan fingerprint density at radius 3 is 2.89 bits per heavy atom. The van der Waals surface area contributed by atoms with Gasteiger partial charge in [0.05, 0.1) is 19.1 Å². The molecule has 4 heteroatoms. The van der Waals surface area contributed by atoms with Crippen molar-refractivity contribution in [3.63, 3.8) is 0 Å². The average molecular weight is 250 g/mol. The molecule has 4 nitrogen and oxygen atoms in total. The number of methoxy groups -OCH3 is 1. The van der Waals surface area contributed by atoms with E-state index >= 15 is 0 Å². The number of nitrogens with two attached hydrogens (primary N) is 1. The second-order valence-corrected chi connectivity index (χ2v) is 4.46. The highest BCUT2D eigenvalue weighted by Gasteiger charge is 2.11. The summed E-state index contributed by atoms with van der Waals surface area (Å²) in [4.78, 5) is 11.9. The van der Waals surface area contributed by atoms with E-state index in [1.54, 1.807) is 7.11 Å². The lowest BCUT2D eigenvalue weighted by Crippen LogP contribution is -2.40. The van der Waals surface area contributed by atoms with Gasteiger partial charge in [-0.15, -0.1) is 0 Å². The average Bonchev–Trinajstić information content (AvgIpc) is 2.29. The zero-order valence-corrected chi connectivity index (χ0v) is 11.1. The fraction of sp³-hybridized carbons (Fsp3) is 0.500. The number of hydrogen-bond donors (Lipinski definition) is 2. The second-order valence-electron chi connectivity index (χ2n) is 4.46. The number of carbonyl (C=O) groups excluding carboxylic acids is 1. The normalized spacial score (nSPS) is 12.2. The van der Waals surface area contributed by atoms with Gasteiger partial charge in [-0.25, -0.2) is 0 Å². The van der Waals surface area contributed by atoms with Crippen molar-refractivity contribution in [3.05, 3.63) is 35.4 Å². The van der Waals surface area contributed by atoms with Crippen molar-refractivity contribution in [2.45, 2.75) is 25.8 Å². The van der Waals surface area contributed by atoms with E-state index in [1.165, 1.54) is 0 Å². The first-order chi connectivity index (χ1) is 8.65. The Morgan fingerprint density at radius 2 is 2.28 bits per heavy atom. The molecule has 0 fully saturated rings. The van der Waals surface area contributed by atoms with Crippen molar-refractivity contribution in [1.82, 2.24) is 5.32 Å². The Hall–Kier alpha value is -1.39. The minimum atomic E-state index is -0.00249. The van der Waals surface area contributed by atoms with Crippen molar-refractivity contribution in [1.29, 1.82) is 0 Å². The second kappa shape index (κ2) is 7.84. The third kappa shape index (κ3) is 5.29. The van der Waals surface area contributed by atoms with Gasteiger partial charge in [-0.2, -0.15) is 0 Å². The Bertz CT molecular complexity index is 374. The molecule has 1 atom stereocenters. The molecule has 1 unspecified atom stereocenters. The Labute approximate surface area is 109 Å². The highest BCUT2D eigenvalue weighted by Crippen LogP contribution is 2.05. The van der Waals surface area contributed by atoms with Gasteiger partial charge in [0.2, 0.25) is 5.91 Å². The number of benzene rings is 1. The highest BCUT2D eigenvalue weighted by atomic mass is 16.5. The van der Waals surface area contributed by atoms with Gasteiger partial charge in [-0.1, -0.05) is 29.8 Å². The number of carbonyl (C=O) groups is 1. The molecule has 0 aliphatic rings. The van der Waals surface area contributed by atoms with Gasteiger partial charge in [0.15, 0.2) is 0 Å². The zero-order valence-electron chi connectivity index (χ0n) is 11.1. The number of rotatable bonds is 7. The van der Waals surface area contributed by atoms with Crippen molar-refractivity contribution in [2.75, 3.05) is 20.3 Å². The van der Waals surface area contributed by atoms with Crippen LogP contribution in [0.15, 0.2) is 24.3 Å². The minimum absolute atomic E-state index is 0.00249. The molecule has 0 aliphatic carbocycles. The summed E-state index contributed by atoms with van der Waals surface area (Å²) in [5.41, 5.74) is 7.69. The molecule has 18 heavy (non-hydrogen) atoms. The van der Waals surface area contributed by atoms with Crippen LogP contribution in [0.2, 0.25) is 0 Å². The summed E-state index contributed by atoms with van der Waals surface area (Å²) in [6.45, 7) is 3.05. The van der Waals surface area contributed by atoms with E-state index in [0.717, 1.165) is 17.5 Å². The third-order valence-electron chi connectivity index (χ3n) is 2.70. The predicted octanol–water partition coefficient (Wildman–Crippen LogP) is 1.02. The van der Waals surface area contributed by atoms with Crippen LogP contribution in [0.1, 0.15) is 17.5 Å². The van der Waals surface area contributed by atoms with Crippen LogP contribution < -0.4 is 11.1 Å². The first-order valence-corrected chi connectivity index (χ1v) is 6.19. The lowest BCUT2D eigenvalue weighted by Gasteiger charge is -2.17. The Morgan fingerprint density at radius 1 is 1.50 bits per heavy atom. The maximum atomic E-state index is 11.9. The number of nitrogens with one attached hydrogen (secondary N) is 1. The SMILES string of the molecule is COCC(CCN)NC(=O)Cc1cccc(C)c1. The van der Waals surface area contributed by atoms with Crippen LogP contribution in [0.3, 0.4) is 0 Å². The van der Waals surface area contributed by atoms with E-state index in [-0.39, 0.29) is 11.9 Å². The molecule has 1 rings (SSSR count). The van der Waals surface area contributed by atoms with Crippen molar-refractivity contribution < 1.29 is 9.53 Å². The summed E-state index contributed by atoms with van der Waals surface area (Å²) >= 11 is 0. The minimum Gasteiger partial charge on any atom is -0.383 e. The standard InChI is InChI=1S/C14H22N2O2/c1-11-4-3-5-12(8-11)9-14(17)16-13(6-7-15)10-18-2/h3-5,8,13H,6-7,9-10,15H2,1-2H3,(H,16,17). The lowest BCUT2D eigenvalue weighted by atomic mass is 10.1. The number of aryl methyl sites for hydroxylation is 1. The number of amides is 1. The van der Waals surface area contributed by atoms with Crippen LogP contribution in [-0.2, 0) is 16.0 Å². The van der Waals surface area contributed by atoms with Crippen molar-refractivity contribution in [2.24, 2.45) is 5.73 Å². The fourth-order valence-electron chi connectivity index (χ4n) is 1.89. The monoisotopic (exact) mass is 250 g/mol. The predicted molar refractivity (Wildman–Crippen MR) is 72.4 cm³/mol. The maximum absolute atomic E-state index is 11.9. The van der Waals surface area contributed by atoms with Gasteiger partial charge in [0, 0.05) is 7.11 Å². The van der Waals surface area contributed by atoms with E-state index in [1.807, 2.05) is 31.2 Å². The largest absolute Gasteiger partial charge is 0.383 e. The van der Waals surface area contributed by atoms with Gasteiger partial charge in [-0.05, 0) is 25.5 Å². The van der Waals surface area contributed by atoms with Crippen molar-refractivity contribution in [3.8, 4) is 0 Å². The molecule has 0 aromatic heterocycles. The van der Waals surface area contributed by atoms with E-state index in [2.05, 4.69) is 5.32 Å². The summed E-state index contributed by atoms with van der Waals surface area (Å²) in [5.74, 6) is 0.0103. The summed E-state index contributed by atoms with van der Waals surface area (Å²) in [6, 6.07) is 7.96. The van der Waals surface area contributed by atoms with Gasteiger partial charge in [0.25, 0.3) is 0 Å². The molecule has 100 valence electrons. The topological polar surface area (TPSA) is 64.3 Å². The summed E-state index contributed by atoms with van der Waals surface area (Å²) in [7, 11) is 1.62.